The Hall–Kier alpha value is -3.58. The largest absolute Gasteiger partial charge is 0.467 e. The minimum atomic E-state index is -0.584. The van der Waals surface area contributed by atoms with Gasteiger partial charge in [0.05, 0.1) is 17.8 Å². The maximum absolute atomic E-state index is 13.4. The molecule has 6 nitrogen and oxygen atoms in total. The molecule has 0 radical (unpaired) electrons. The smallest absolute Gasteiger partial charge is 0.322 e. The zero-order valence-corrected chi connectivity index (χ0v) is 18.8. The van der Waals surface area contributed by atoms with Gasteiger partial charge in [-0.05, 0) is 42.3 Å². The quantitative estimate of drug-likeness (QED) is 0.406. The fraction of sp³-hybridized carbons (Fsp3) is 0.200. The molecular formula is C25H25ClFN3O3. The van der Waals surface area contributed by atoms with Crippen molar-refractivity contribution in [3.05, 3.63) is 102 Å². The Morgan fingerprint density at radius 1 is 1.09 bits per heavy atom. The van der Waals surface area contributed by atoms with Gasteiger partial charge >= 0.3 is 6.03 Å². The highest BCUT2D eigenvalue weighted by atomic mass is 35.5. The van der Waals surface area contributed by atoms with Crippen LogP contribution in [0.5, 0.6) is 0 Å². The second-order valence-electron chi connectivity index (χ2n) is 7.36. The van der Waals surface area contributed by atoms with E-state index in [-0.39, 0.29) is 30.6 Å². The highest BCUT2D eigenvalue weighted by molar-refractivity contribution is 6.31. The molecule has 0 aliphatic carbocycles. The first-order chi connectivity index (χ1) is 16.0. The van der Waals surface area contributed by atoms with Gasteiger partial charge in [0.15, 0.2) is 0 Å². The van der Waals surface area contributed by atoms with Crippen LogP contribution in [0.25, 0.3) is 0 Å². The summed E-state index contributed by atoms with van der Waals surface area (Å²) in [4.78, 5) is 29.0. The molecule has 3 aromatic rings. The molecule has 1 heterocycles. The van der Waals surface area contributed by atoms with Gasteiger partial charge in [-0.15, -0.1) is 6.58 Å². The van der Waals surface area contributed by atoms with Crippen LogP contribution in [-0.4, -0.2) is 41.4 Å². The monoisotopic (exact) mass is 469 g/mol. The molecule has 0 spiro atoms. The number of furan rings is 1. The van der Waals surface area contributed by atoms with Crippen LogP contribution in [-0.2, 0) is 17.8 Å². The van der Waals surface area contributed by atoms with E-state index in [0.29, 0.717) is 24.4 Å². The predicted molar refractivity (Wildman–Crippen MR) is 126 cm³/mol. The Balaban J connectivity index is 1.69. The highest BCUT2D eigenvalue weighted by Gasteiger charge is 2.22. The lowest BCUT2D eigenvalue weighted by Gasteiger charge is -2.27. The molecule has 0 atom stereocenters. The van der Waals surface area contributed by atoms with Crippen molar-refractivity contribution in [3.63, 3.8) is 0 Å². The zero-order chi connectivity index (χ0) is 23.6. The predicted octanol–water partition coefficient (Wildman–Crippen LogP) is 5.36. The van der Waals surface area contributed by atoms with E-state index in [2.05, 4.69) is 11.9 Å². The Labute approximate surface area is 197 Å². The summed E-state index contributed by atoms with van der Waals surface area (Å²) < 4.78 is 18.8. The van der Waals surface area contributed by atoms with Crippen LogP contribution in [0.3, 0.4) is 0 Å². The molecule has 0 bridgehead atoms. The van der Waals surface area contributed by atoms with Crippen LogP contribution >= 0.6 is 11.6 Å². The Kier molecular flexibility index (Phi) is 8.66. The molecule has 0 saturated carbocycles. The van der Waals surface area contributed by atoms with Crippen molar-refractivity contribution in [1.29, 1.82) is 0 Å². The van der Waals surface area contributed by atoms with Crippen LogP contribution in [0.15, 0.2) is 84.0 Å². The van der Waals surface area contributed by atoms with E-state index in [9.17, 15) is 14.0 Å². The number of hydrogen-bond donors (Lipinski definition) is 1. The first-order valence-corrected chi connectivity index (χ1v) is 10.8. The fourth-order valence-corrected chi connectivity index (χ4v) is 3.39. The van der Waals surface area contributed by atoms with Crippen molar-refractivity contribution in [2.75, 3.05) is 25.0 Å². The van der Waals surface area contributed by atoms with E-state index in [4.69, 9.17) is 16.0 Å². The van der Waals surface area contributed by atoms with Gasteiger partial charge in [-0.25, -0.2) is 9.18 Å². The Bertz CT molecular complexity index is 1070. The number of rotatable bonds is 10. The minimum absolute atomic E-state index is 0.107. The van der Waals surface area contributed by atoms with Crippen molar-refractivity contribution in [3.8, 4) is 0 Å². The van der Waals surface area contributed by atoms with Crippen molar-refractivity contribution in [1.82, 2.24) is 9.80 Å². The summed E-state index contributed by atoms with van der Waals surface area (Å²) >= 11 is 5.79. The molecule has 3 rings (SSSR count). The molecule has 0 unspecified atom stereocenters. The number of nitrogens with one attached hydrogen (secondary N) is 1. The van der Waals surface area contributed by atoms with Crippen LogP contribution < -0.4 is 5.32 Å². The van der Waals surface area contributed by atoms with E-state index < -0.39 is 11.8 Å². The molecule has 1 N–H and O–H groups in total. The van der Waals surface area contributed by atoms with Crippen molar-refractivity contribution in [2.45, 2.75) is 13.0 Å². The van der Waals surface area contributed by atoms with E-state index in [0.717, 1.165) is 11.6 Å². The van der Waals surface area contributed by atoms with Crippen molar-refractivity contribution < 1.29 is 18.4 Å². The molecule has 172 valence electrons. The van der Waals surface area contributed by atoms with Crippen LogP contribution in [0, 0.1) is 5.82 Å². The highest BCUT2D eigenvalue weighted by Crippen LogP contribution is 2.19. The third-order valence-corrected chi connectivity index (χ3v) is 5.22. The summed E-state index contributed by atoms with van der Waals surface area (Å²) in [6.45, 7) is 4.41. The molecular weight excluding hydrogens is 445 g/mol. The SMILES string of the molecule is C=CCN(CC(=O)N(CCc1ccccc1)Cc1ccco1)C(=O)Nc1ccc(F)c(Cl)c1. The summed E-state index contributed by atoms with van der Waals surface area (Å²) in [5.41, 5.74) is 1.42. The first-order valence-electron chi connectivity index (χ1n) is 10.4. The number of halogens is 2. The number of hydrogen-bond acceptors (Lipinski definition) is 3. The number of urea groups is 1. The van der Waals surface area contributed by atoms with Crippen LogP contribution in [0.2, 0.25) is 5.02 Å². The van der Waals surface area contributed by atoms with Gasteiger partial charge in [-0.3, -0.25) is 4.79 Å². The molecule has 0 fully saturated rings. The Morgan fingerprint density at radius 2 is 1.88 bits per heavy atom. The average molecular weight is 470 g/mol. The number of benzene rings is 2. The second-order valence-corrected chi connectivity index (χ2v) is 7.77. The first kappa shape index (κ1) is 24.1. The topological polar surface area (TPSA) is 65.8 Å². The van der Waals surface area contributed by atoms with Gasteiger partial charge in [-0.2, -0.15) is 0 Å². The third-order valence-electron chi connectivity index (χ3n) is 4.93. The molecule has 0 saturated heterocycles. The van der Waals surface area contributed by atoms with Gasteiger partial charge in [0, 0.05) is 18.8 Å². The summed E-state index contributed by atoms with van der Waals surface area (Å²) in [6.07, 6.45) is 3.75. The summed E-state index contributed by atoms with van der Waals surface area (Å²) in [5, 5.41) is 2.53. The molecule has 2 aromatic carbocycles. The molecule has 33 heavy (non-hydrogen) atoms. The Morgan fingerprint density at radius 3 is 2.55 bits per heavy atom. The van der Waals surface area contributed by atoms with E-state index in [1.807, 2.05) is 30.3 Å². The van der Waals surface area contributed by atoms with Crippen LogP contribution in [0.4, 0.5) is 14.9 Å². The average Bonchev–Trinajstić information content (AvgIpc) is 3.32. The second kappa shape index (κ2) is 11.9. The van der Waals surface area contributed by atoms with Crippen LogP contribution in [0.1, 0.15) is 11.3 Å². The van der Waals surface area contributed by atoms with Crippen molar-refractivity contribution in [2.24, 2.45) is 0 Å². The lowest BCUT2D eigenvalue weighted by molar-refractivity contribution is -0.132. The summed E-state index contributed by atoms with van der Waals surface area (Å²) in [6, 6.07) is 16.8. The minimum Gasteiger partial charge on any atom is -0.467 e. The number of carbonyl (C=O) groups excluding carboxylic acids is 2. The van der Waals surface area contributed by atoms with Crippen molar-refractivity contribution >= 4 is 29.2 Å². The van der Waals surface area contributed by atoms with E-state index in [1.165, 1.54) is 23.1 Å². The summed E-state index contributed by atoms with van der Waals surface area (Å²) in [5.74, 6) is -0.173. The molecule has 0 aliphatic rings. The third kappa shape index (κ3) is 7.22. The number of anilines is 1. The van der Waals surface area contributed by atoms with E-state index in [1.54, 1.807) is 23.3 Å². The van der Waals surface area contributed by atoms with Gasteiger partial charge in [-0.1, -0.05) is 48.0 Å². The number of nitrogens with zero attached hydrogens (tertiary/aromatic N) is 2. The van der Waals surface area contributed by atoms with Gasteiger partial charge in [0.1, 0.15) is 18.1 Å². The van der Waals surface area contributed by atoms with E-state index >= 15 is 0 Å². The number of amides is 3. The number of carbonyl (C=O) groups is 2. The standard InChI is InChI=1S/C25H25ClFN3O3/c1-2-13-30(25(32)28-20-10-11-23(27)22(26)16-20)18-24(31)29(17-21-9-6-15-33-21)14-12-19-7-4-3-5-8-19/h2-11,15-16H,1,12-14,17-18H2,(H,28,32). The lowest BCUT2D eigenvalue weighted by atomic mass is 10.1. The lowest BCUT2D eigenvalue weighted by Crippen LogP contribution is -2.44. The van der Waals surface area contributed by atoms with Gasteiger partial charge in [0.25, 0.3) is 0 Å². The molecule has 1 aromatic heterocycles. The van der Waals surface area contributed by atoms with Gasteiger partial charge < -0.3 is 19.5 Å². The van der Waals surface area contributed by atoms with Gasteiger partial charge in [0.2, 0.25) is 5.91 Å². The maximum atomic E-state index is 13.4. The summed E-state index contributed by atoms with van der Waals surface area (Å²) in [7, 11) is 0. The zero-order valence-electron chi connectivity index (χ0n) is 18.0. The fourth-order valence-electron chi connectivity index (χ4n) is 3.21. The molecule has 0 aliphatic heterocycles. The normalized spacial score (nSPS) is 10.5. The molecule has 3 amide bonds. The maximum Gasteiger partial charge on any atom is 0.322 e. The molecule has 8 heteroatoms.